The Morgan fingerprint density at radius 2 is 0.417 bits per heavy atom. The average Bonchev–Trinajstić information content (AvgIpc) is 0.712. The summed E-state index contributed by atoms with van der Waals surface area (Å²) < 4.78 is 15.8. The first-order valence-corrected chi connectivity index (χ1v) is 237. The van der Waals surface area contributed by atoms with E-state index in [0.717, 1.165) is 15.9 Å². The minimum atomic E-state index is -2.00. The largest absolute Gasteiger partial charge is 0.697 e. The molecule has 0 aliphatic heterocycles. The van der Waals surface area contributed by atoms with Gasteiger partial charge >= 0.3 is 24.1 Å². The fourth-order valence-corrected chi connectivity index (χ4v) is 1480. The van der Waals surface area contributed by atoms with Gasteiger partial charge in [-0.2, -0.15) is 10.8 Å². The maximum atomic E-state index is 10.1. The van der Waals surface area contributed by atoms with Crippen molar-refractivity contribution in [3.8, 4) is 12.6 Å². The molecule has 0 aliphatic rings. The van der Waals surface area contributed by atoms with E-state index in [9.17, 15) is 3.16 Å². The third-order valence-corrected chi connectivity index (χ3v) is 763. The Kier molecular flexibility index (Phi) is 183. The van der Waals surface area contributed by atoms with E-state index in [2.05, 4.69) is 623 Å². The van der Waals surface area contributed by atoms with Gasteiger partial charge in [0.1, 0.15) is 0 Å². The molecular weight excluding hydrogens is 4080 g/mol. The van der Waals surface area contributed by atoms with Crippen molar-refractivity contribution in [3.63, 3.8) is 0 Å². The van der Waals surface area contributed by atoms with Gasteiger partial charge in [0.05, 0.1) is 0 Å². The van der Waals surface area contributed by atoms with Crippen LogP contribution in [-0.4, -0.2) is 5.89 Å². The average molecular weight is 4220 g/mol. The minimum absolute atomic E-state index is 0.0998. The van der Waals surface area contributed by atoms with Crippen molar-refractivity contribution in [1.29, 1.82) is 11.5 Å². The summed E-state index contributed by atoms with van der Waals surface area (Å²) in [6, 6.07) is 0. The molecule has 0 fully saturated rings. The predicted octanol–water partition coefficient (Wildman–Crippen LogP) is 66.6. The number of rotatable bonds is 56. The molecule has 17 nitrogen and oxygen atoms in total. The van der Waals surface area contributed by atoms with Crippen LogP contribution in [0.2, 0.25) is 0 Å². The van der Waals surface area contributed by atoms with Crippen LogP contribution in [0.4, 0.5) is 3.16 Å². The monoisotopic (exact) mass is 4220 g/mol. The summed E-state index contributed by atoms with van der Waals surface area (Å²) in [6.07, 6.45) is 10.2. The molecule has 0 saturated carbocycles. The number of terminal acetylenes is 1. The van der Waals surface area contributed by atoms with Crippen molar-refractivity contribution in [1.82, 2.24) is 0 Å². The number of hydrogen-bond donors (Lipinski definition) is 5. The molecule has 0 rings (SSSR count). The van der Waals surface area contributed by atoms with Crippen molar-refractivity contribution in [2.24, 2.45) is 80.7 Å². The van der Waals surface area contributed by atoms with Gasteiger partial charge in [-0.1, -0.05) is 50.7 Å². The number of nitriles is 1. The van der Waals surface area contributed by atoms with E-state index in [0.29, 0.717) is 12.1 Å². The molecular formula is C4H134FN17P115SW-. The van der Waals surface area contributed by atoms with Gasteiger partial charge in [-0.15, -0.1) is 536 Å². The molecule has 0 radical (unpaired) electrons. The Labute approximate surface area is 1060 Å². The maximum absolute atomic E-state index is 10.1. The molecule has 0 aromatic heterocycles. The van der Waals surface area contributed by atoms with Crippen LogP contribution in [0.15, 0.2) is 57.5 Å². The maximum Gasteiger partial charge on any atom is -0.377 e. The number of hydrogen-bond acceptors (Lipinski definition) is 7. The van der Waals surface area contributed by atoms with E-state index in [1.165, 1.54) is 13.2 Å². The molecule has 0 spiro atoms. The van der Waals surface area contributed by atoms with Gasteiger partial charge in [0.2, 0.25) is 0 Å². The molecule has 135 heteroatoms. The van der Waals surface area contributed by atoms with Gasteiger partial charge in [-0.3, -0.25) is 0 Å². The van der Waals surface area contributed by atoms with Crippen LogP contribution in [-0.2, 0) is 32.0 Å². The van der Waals surface area contributed by atoms with Gasteiger partial charge < -0.3 is 36.1 Å². The van der Waals surface area contributed by atoms with Gasteiger partial charge in [0.15, 0.2) is 6.19 Å². The molecule has 67 unspecified atom stereocenters. The first-order valence-electron chi connectivity index (χ1n) is 30.6. The van der Waals surface area contributed by atoms with E-state index in [4.69, 9.17) is 29.8 Å². The SMILES string of the molecule is N#CN.N/N=N/N=N/N.N=N/N=N/N=N/N=N/N.PC(P)P(P)P.PP(P)P(P)P.PPP(P(P)P)P(P(P(P)P)P(P)P)P(P(P(P=S)P(P(P(P(P)P)P(P)P)P(P(P)P)P(P)P)P(P(P(P)P)P(P)P)P(P(P)P)P(P)P)P(P(P(P(P)P)P(P)P)P(P(P)P)P(P)P)P(P(P(P)P)P(P)P)P(P(P)P)P(P)P)P(P(P(P)P)P(P)P)P(P(P)P)P(P)P.PPP(P(P)P)P(P)P.[2H][W][F].[C-]#C. The van der Waals surface area contributed by atoms with E-state index in [-0.39, 0.29) is 84.2 Å². The third-order valence-electron chi connectivity index (χ3n) is 10.0. The smallest absolute Gasteiger partial charge is 0.377 e. The van der Waals surface area contributed by atoms with Crippen molar-refractivity contribution >= 4 is 935 Å². The van der Waals surface area contributed by atoms with E-state index in [1.54, 1.807) is 0 Å². The Hall–Kier alpha value is 46.0. The van der Waals surface area contributed by atoms with Crippen LogP contribution in [0.1, 0.15) is 0 Å². The van der Waals surface area contributed by atoms with Crippen LogP contribution in [0.3, 0.4) is 0 Å². The molecule has 139 heavy (non-hydrogen) atoms. The van der Waals surface area contributed by atoms with E-state index in [1.807, 2.05) is 0 Å². The number of nitrogens with one attached hydrogen (secondary N) is 1. The molecule has 0 heterocycles. The van der Waals surface area contributed by atoms with Crippen molar-refractivity contribution in [2.75, 3.05) is 0 Å². The molecule has 9 N–H and O–H groups in total. The minimum Gasteiger partial charge on any atom is -0.697 e. The summed E-state index contributed by atoms with van der Waals surface area (Å²) in [4.78, 5) is 0. The number of nitrogens with two attached hydrogens (primary N) is 4. The number of halogens is 1. The summed E-state index contributed by atoms with van der Waals surface area (Å²) in [7, 11) is 215. The fourth-order valence-electron chi connectivity index (χ4n) is 6.24. The zero-order chi connectivity index (χ0) is 113. The molecule has 0 saturated heterocycles. The summed E-state index contributed by atoms with van der Waals surface area (Å²) in [5, 5.41) is 38.3. The quantitative estimate of drug-likeness (QED) is 0.00576. The second kappa shape index (κ2) is 127. The van der Waals surface area contributed by atoms with Crippen LogP contribution in [0.5, 0.6) is 0 Å². The zero-order valence-corrected chi connectivity index (χ0v) is 193. The Morgan fingerprint density at radius 3 is 0.532 bits per heavy atom. The zero-order valence-electron chi connectivity index (χ0n) is 71.9. The van der Waals surface area contributed by atoms with E-state index >= 15 is 0 Å². The van der Waals surface area contributed by atoms with Gasteiger partial charge in [-0.25, -0.2) is 0 Å². The van der Waals surface area contributed by atoms with Crippen molar-refractivity contribution in [2.45, 2.75) is 5.14 Å². The molecule has 0 bridgehead atoms. The Morgan fingerprint density at radius 1 is 0.288 bits per heavy atom. The Bertz CT molecular complexity index is 2810. The van der Waals surface area contributed by atoms with Crippen molar-refractivity contribution < 1.29 is 23.3 Å². The molecule has 67 atom stereocenters. The van der Waals surface area contributed by atoms with Gasteiger partial charge in [0.25, 0.3) is 0 Å². The number of nitrogens with zero attached hydrogens (tertiary/aromatic N) is 12. The van der Waals surface area contributed by atoms with Crippen molar-refractivity contribution in [3.05, 3.63) is 6.42 Å². The molecule has 0 aromatic carbocycles. The molecule has 0 aromatic rings. The van der Waals surface area contributed by atoms with E-state index < -0.39 is 293 Å². The third kappa shape index (κ3) is 92.3. The summed E-state index contributed by atoms with van der Waals surface area (Å²) in [6.45, 7) is -19.0. The first kappa shape index (κ1) is 200. The van der Waals surface area contributed by atoms with Crippen LogP contribution < -0.4 is 23.3 Å². The second-order valence-electron chi connectivity index (χ2n) is 19.2. The van der Waals surface area contributed by atoms with Gasteiger partial charge in [-0.05, 0) is 363 Å². The standard InChI is InChI=1S/C2H.CH2N2.CH9P5.FH.H3N9.H4N6.H95P95S.H11P9.H8P6.W.H/c1-2;2-1-3;2-1(3)6(4)5;;1-3-5-7-9-8-6-4-2;1-3-5-6-4-2;1-48-73(50(2)3)86(75(51(4)5)52(6)7)94(91(80(61(24)25)62(26)27)81(63(28)29)64(30)31)88(95(92(82(65(32)33)66(34)35)83(67(36)37)68(38)39)93(84(69(40)41)70(42)43)85(71(44)45)72(46)47)74(49-96)87(89(76(53(8)9)54(10)11)77(55(12)13)56(14)15)90(78(57(16)17)58(18)19)79(59(20)21)60(22)23;1-6-9(7(2)3)8(4)5;1-5(2)6(3)4;;/h1H;2H2;1H,2-5H2;1H;(H3,1,2,5,6,9);(H2,1,4,5)(H2,2,3,6);48H,1-47H2;6H,1-5H2;1-4H2;;/q-1;;;;;;;;;+1;/p-1/i;;;;;;;;;;1+1. The second-order valence-corrected chi connectivity index (χ2v) is 474. The molecule has 0 amide bonds. The van der Waals surface area contributed by atoms with Crippen LogP contribution in [0.25, 0.3) is 0 Å². The summed E-state index contributed by atoms with van der Waals surface area (Å²) >= 11 is 6.12. The first-order chi connectivity index (χ1) is 64.3. The molecule has 830 valence electrons. The Balaban J connectivity index is -0.000000455. The summed E-state index contributed by atoms with van der Waals surface area (Å²) in [5.41, 5.74) is 10.2. The predicted molar refractivity (Wildman–Crippen MR) is 1040 cm³/mol. The van der Waals surface area contributed by atoms with Crippen LogP contribution >= 0.6 is 923 Å². The van der Waals surface area contributed by atoms with Gasteiger partial charge in [0, 0.05) is 47.1 Å². The summed E-state index contributed by atoms with van der Waals surface area (Å²) in [5.74, 6) is 13.4. The topological polar surface area (TPSA) is 288 Å². The normalized spacial score (nSPS) is 14.5. The van der Waals surface area contributed by atoms with Crippen LogP contribution in [0, 0.1) is 29.8 Å². The molecule has 0 aliphatic carbocycles. The fraction of sp³-hybridized carbons (Fsp3) is 0.250.